The number of ether oxygens (including phenoxy) is 1. The van der Waals surface area contributed by atoms with Gasteiger partial charge >= 0.3 is 0 Å². The van der Waals surface area contributed by atoms with Crippen molar-refractivity contribution in [3.63, 3.8) is 0 Å². The van der Waals surface area contributed by atoms with E-state index in [1.54, 1.807) is 7.11 Å². The van der Waals surface area contributed by atoms with E-state index < -0.39 is 0 Å². The molecule has 1 heterocycles. The molecule has 2 aromatic carbocycles. The van der Waals surface area contributed by atoms with Gasteiger partial charge in [-0.1, -0.05) is 42.5 Å². The molecule has 0 unspecified atom stereocenters. The largest absolute Gasteiger partial charge is 0.496 e. The van der Waals surface area contributed by atoms with Gasteiger partial charge in [-0.25, -0.2) is 0 Å². The smallest absolute Gasteiger partial charge is 0.233 e. The van der Waals surface area contributed by atoms with Gasteiger partial charge in [0.25, 0.3) is 0 Å². The first-order valence-electron chi connectivity index (χ1n) is 9.30. The number of carbonyl (C=O) groups is 1. The fourth-order valence-electron chi connectivity index (χ4n) is 4.22. The second kappa shape index (κ2) is 7.53. The average Bonchev–Trinajstić information content (AvgIpc) is 3.38. The number of amides is 1. The van der Waals surface area contributed by atoms with Crippen LogP contribution in [-0.4, -0.2) is 37.0 Å². The summed E-state index contributed by atoms with van der Waals surface area (Å²) in [7, 11) is 1.68. The minimum absolute atomic E-state index is 0. The van der Waals surface area contributed by atoms with Crippen LogP contribution in [0, 0.1) is 6.92 Å². The highest BCUT2D eigenvalue weighted by Crippen LogP contribution is 2.51. The van der Waals surface area contributed by atoms with Gasteiger partial charge < -0.3 is 15.4 Å². The lowest BCUT2D eigenvalue weighted by Crippen LogP contribution is -2.39. The molecule has 5 heteroatoms. The lowest BCUT2D eigenvalue weighted by atomic mass is 9.93. The maximum absolute atomic E-state index is 13.4. The van der Waals surface area contributed by atoms with Gasteiger partial charge in [0.1, 0.15) is 5.75 Å². The fraction of sp³-hybridized carbons (Fsp3) is 0.409. The number of nitrogens with zero attached hydrogens (tertiary/aromatic N) is 1. The summed E-state index contributed by atoms with van der Waals surface area (Å²) in [6.07, 6.45) is 1.81. The predicted molar refractivity (Wildman–Crippen MR) is 110 cm³/mol. The summed E-state index contributed by atoms with van der Waals surface area (Å²) in [5, 5.41) is 0. The predicted octanol–water partition coefficient (Wildman–Crippen LogP) is 3.41. The van der Waals surface area contributed by atoms with Gasteiger partial charge in [0, 0.05) is 25.0 Å². The van der Waals surface area contributed by atoms with Crippen LogP contribution in [0.4, 0.5) is 0 Å². The van der Waals surface area contributed by atoms with E-state index in [9.17, 15) is 4.79 Å². The number of rotatable bonds is 4. The fourth-order valence-corrected chi connectivity index (χ4v) is 4.22. The molecular weight excluding hydrogens is 360 g/mol. The number of aryl methyl sites for hydroxylation is 1. The van der Waals surface area contributed by atoms with Crippen LogP contribution in [0.5, 0.6) is 5.75 Å². The molecule has 1 amide bonds. The average molecular weight is 387 g/mol. The van der Waals surface area contributed by atoms with Crippen LogP contribution in [0.2, 0.25) is 0 Å². The van der Waals surface area contributed by atoms with Crippen LogP contribution in [-0.2, 0) is 10.2 Å². The summed E-state index contributed by atoms with van der Waals surface area (Å²) >= 11 is 0. The van der Waals surface area contributed by atoms with Gasteiger partial charge in [-0.05, 0) is 42.5 Å². The molecule has 2 aliphatic rings. The molecule has 0 spiro atoms. The van der Waals surface area contributed by atoms with Crippen molar-refractivity contribution in [1.29, 1.82) is 0 Å². The summed E-state index contributed by atoms with van der Waals surface area (Å²) in [5.74, 6) is 1.28. The van der Waals surface area contributed by atoms with Gasteiger partial charge in [0.05, 0.1) is 12.5 Å². The number of likely N-dealkylation sites (tertiary alicyclic amines) is 1. The van der Waals surface area contributed by atoms with Crippen molar-refractivity contribution in [1.82, 2.24) is 4.90 Å². The van der Waals surface area contributed by atoms with E-state index in [0.29, 0.717) is 13.1 Å². The monoisotopic (exact) mass is 386 g/mol. The van der Waals surface area contributed by atoms with E-state index in [1.165, 1.54) is 5.56 Å². The molecule has 1 aliphatic carbocycles. The molecule has 4 nitrogen and oxygen atoms in total. The Morgan fingerprint density at radius 3 is 2.48 bits per heavy atom. The van der Waals surface area contributed by atoms with Gasteiger partial charge in [-0.3, -0.25) is 4.79 Å². The first-order valence-corrected chi connectivity index (χ1v) is 9.30. The molecule has 2 fully saturated rings. The maximum Gasteiger partial charge on any atom is 0.233 e. The number of methoxy groups -OCH3 is 1. The lowest BCUT2D eigenvalue weighted by Gasteiger charge is -2.24. The van der Waals surface area contributed by atoms with Gasteiger partial charge in [-0.2, -0.15) is 0 Å². The van der Waals surface area contributed by atoms with Gasteiger partial charge in [0.2, 0.25) is 5.91 Å². The lowest BCUT2D eigenvalue weighted by molar-refractivity contribution is -0.133. The Bertz CT molecular complexity index is 820. The first kappa shape index (κ1) is 19.7. The van der Waals surface area contributed by atoms with Crippen molar-refractivity contribution in [3.05, 3.63) is 65.2 Å². The van der Waals surface area contributed by atoms with Crippen molar-refractivity contribution in [2.24, 2.45) is 5.73 Å². The molecule has 0 aromatic heterocycles. The highest BCUT2D eigenvalue weighted by atomic mass is 35.5. The molecule has 1 saturated heterocycles. The number of hydrogen-bond donors (Lipinski definition) is 1. The summed E-state index contributed by atoms with van der Waals surface area (Å²) in [4.78, 5) is 15.3. The molecule has 1 saturated carbocycles. The second-order valence-electron chi connectivity index (χ2n) is 7.66. The highest BCUT2D eigenvalue weighted by molar-refractivity contribution is 5.92. The van der Waals surface area contributed by atoms with E-state index >= 15 is 0 Å². The Balaban J connectivity index is 0.00000210. The van der Waals surface area contributed by atoms with E-state index in [1.807, 2.05) is 42.2 Å². The third kappa shape index (κ3) is 3.44. The van der Waals surface area contributed by atoms with Crippen molar-refractivity contribution >= 4 is 18.3 Å². The van der Waals surface area contributed by atoms with E-state index in [0.717, 1.165) is 29.7 Å². The molecule has 0 bridgehead atoms. The van der Waals surface area contributed by atoms with Crippen LogP contribution in [0.25, 0.3) is 0 Å². The Hall–Kier alpha value is -2.04. The minimum Gasteiger partial charge on any atom is -0.496 e. The molecule has 2 atom stereocenters. The third-order valence-electron chi connectivity index (χ3n) is 6.00. The van der Waals surface area contributed by atoms with Crippen LogP contribution in [0.15, 0.2) is 48.5 Å². The molecule has 27 heavy (non-hydrogen) atoms. The van der Waals surface area contributed by atoms with E-state index in [4.69, 9.17) is 10.5 Å². The van der Waals surface area contributed by atoms with Crippen molar-refractivity contribution < 1.29 is 9.53 Å². The summed E-state index contributed by atoms with van der Waals surface area (Å²) < 4.78 is 5.46. The summed E-state index contributed by atoms with van der Waals surface area (Å²) in [6.45, 7) is 3.35. The third-order valence-corrected chi connectivity index (χ3v) is 6.00. The topological polar surface area (TPSA) is 55.6 Å². The minimum atomic E-state index is -0.383. The zero-order valence-electron chi connectivity index (χ0n) is 15.9. The van der Waals surface area contributed by atoms with E-state index in [2.05, 4.69) is 18.2 Å². The summed E-state index contributed by atoms with van der Waals surface area (Å²) in [5.41, 5.74) is 9.39. The number of carbonyl (C=O) groups excluding carboxylic acids is 1. The highest BCUT2D eigenvalue weighted by Gasteiger charge is 2.54. The molecular formula is C22H27ClN2O2. The van der Waals surface area contributed by atoms with E-state index in [-0.39, 0.29) is 35.7 Å². The zero-order valence-corrected chi connectivity index (χ0v) is 16.7. The molecule has 2 aromatic rings. The molecule has 1 aliphatic heterocycles. The number of nitrogens with two attached hydrogens (primary N) is 1. The molecule has 144 valence electrons. The van der Waals surface area contributed by atoms with Crippen LogP contribution < -0.4 is 10.5 Å². The van der Waals surface area contributed by atoms with Gasteiger partial charge in [0.15, 0.2) is 0 Å². The Labute approximate surface area is 167 Å². The van der Waals surface area contributed by atoms with Crippen LogP contribution >= 0.6 is 12.4 Å². The maximum atomic E-state index is 13.4. The number of hydrogen-bond acceptors (Lipinski definition) is 3. The first-order chi connectivity index (χ1) is 12.5. The van der Waals surface area contributed by atoms with Crippen LogP contribution in [0.1, 0.15) is 35.4 Å². The number of benzene rings is 2. The number of halogens is 1. The van der Waals surface area contributed by atoms with Crippen molar-refractivity contribution in [2.75, 3.05) is 20.2 Å². The zero-order chi connectivity index (χ0) is 18.3. The SMILES string of the molecule is COc1cc(C2(C(=O)N3C[C@@H](N)[C@H](c4ccccc4)C3)CC2)ccc1C.Cl. The second-order valence-corrected chi connectivity index (χ2v) is 7.66. The van der Waals surface area contributed by atoms with Crippen molar-refractivity contribution in [2.45, 2.75) is 37.1 Å². The molecule has 0 radical (unpaired) electrons. The Morgan fingerprint density at radius 1 is 1.15 bits per heavy atom. The Kier molecular flexibility index (Phi) is 5.50. The van der Waals surface area contributed by atoms with Crippen LogP contribution in [0.3, 0.4) is 0 Å². The quantitative estimate of drug-likeness (QED) is 0.876. The Morgan fingerprint density at radius 2 is 1.85 bits per heavy atom. The summed E-state index contributed by atoms with van der Waals surface area (Å²) in [6, 6.07) is 16.4. The molecule has 4 rings (SSSR count). The standard InChI is InChI=1S/C22H26N2O2.ClH/c1-15-8-9-17(12-20(15)26-2)22(10-11-22)21(25)24-13-18(19(23)14-24)16-6-4-3-5-7-16;/h3-9,12,18-19H,10-11,13-14,23H2,1-2H3;1H/t18-,19+;/m0./s1. The normalized spacial score (nSPS) is 22.9. The van der Waals surface area contributed by atoms with Crippen molar-refractivity contribution in [3.8, 4) is 5.75 Å². The van der Waals surface area contributed by atoms with Gasteiger partial charge in [-0.15, -0.1) is 12.4 Å². The molecule has 2 N–H and O–H groups in total.